The van der Waals surface area contributed by atoms with E-state index in [4.69, 9.17) is 5.73 Å². The Bertz CT molecular complexity index is 249. The molecule has 0 spiro atoms. The number of nitrogens with two attached hydrogens (primary N) is 1. The van der Waals surface area contributed by atoms with Gasteiger partial charge in [0.2, 0.25) is 5.91 Å². The number of amides is 1. The van der Waals surface area contributed by atoms with Crippen molar-refractivity contribution < 1.29 is 9.90 Å². The van der Waals surface area contributed by atoms with Crippen LogP contribution in [0, 0.1) is 5.92 Å². The first-order chi connectivity index (χ1) is 7.43. The van der Waals surface area contributed by atoms with Crippen molar-refractivity contribution in [1.29, 1.82) is 0 Å². The highest BCUT2D eigenvalue weighted by Gasteiger charge is 2.44. The standard InChI is InChI=1S/C12H24N2O2/c1-4-6-12(16)7-14(8-12)11(15)10(13)9(3)5-2/h9-10,16H,4-8,13H2,1-3H3. The molecule has 0 aromatic rings. The second kappa shape index (κ2) is 5.15. The first-order valence-corrected chi connectivity index (χ1v) is 6.20. The minimum absolute atomic E-state index is 0.0184. The molecule has 0 aromatic carbocycles. The van der Waals surface area contributed by atoms with Gasteiger partial charge in [0.05, 0.1) is 24.7 Å². The molecule has 1 aliphatic heterocycles. The van der Waals surface area contributed by atoms with Crippen molar-refractivity contribution in [3.8, 4) is 0 Å². The van der Waals surface area contributed by atoms with Crippen molar-refractivity contribution in [2.45, 2.75) is 51.7 Å². The lowest BCUT2D eigenvalue weighted by atomic mass is 9.87. The molecule has 1 saturated heterocycles. The lowest BCUT2D eigenvalue weighted by Crippen LogP contribution is -2.66. The van der Waals surface area contributed by atoms with E-state index in [1.807, 2.05) is 20.8 Å². The van der Waals surface area contributed by atoms with Gasteiger partial charge < -0.3 is 15.7 Å². The maximum atomic E-state index is 11.9. The summed E-state index contributed by atoms with van der Waals surface area (Å²) in [6.45, 7) is 6.95. The Balaban J connectivity index is 2.42. The minimum atomic E-state index is -0.653. The molecule has 0 radical (unpaired) electrons. The Morgan fingerprint density at radius 1 is 1.50 bits per heavy atom. The number of hydrogen-bond donors (Lipinski definition) is 2. The first-order valence-electron chi connectivity index (χ1n) is 6.20. The summed E-state index contributed by atoms with van der Waals surface area (Å²) in [6.07, 6.45) is 2.60. The van der Waals surface area contributed by atoms with Gasteiger partial charge in [0.1, 0.15) is 0 Å². The molecule has 2 unspecified atom stereocenters. The molecule has 0 saturated carbocycles. The van der Waals surface area contributed by atoms with Gasteiger partial charge in [-0.15, -0.1) is 0 Å². The molecular weight excluding hydrogens is 204 g/mol. The number of hydrogen-bond acceptors (Lipinski definition) is 3. The lowest BCUT2D eigenvalue weighted by Gasteiger charge is -2.47. The Morgan fingerprint density at radius 2 is 2.06 bits per heavy atom. The predicted octanol–water partition coefficient (Wildman–Crippen LogP) is 0.733. The highest BCUT2D eigenvalue weighted by Crippen LogP contribution is 2.26. The van der Waals surface area contributed by atoms with Gasteiger partial charge in [-0.1, -0.05) is 33.6 Å². The molecule has 0 aliphatic carbocycles. The van der Waals surface area contributed by atoms with Crippen LogP contribution >= 0.6 is 0 Å². The molecular formula is C12H24N2O2. The number of β-amino-alcohol motifs (C(OH)–C–C–N with tert-alkyl or cyclic N) is 1. The largest absolute Gasteiger partial charge is 0.386 e. The van der Waals surface area contributed by atoms with Crippen molar-refractivity contribution in [2.24, 2.45) is 11.7 Å². The van der Waals surface area contributed by atoms with E-state index in [0.717, 1.165) is 19.3 Å². The molecule has 1 amide bonds. The monoisotopic (exact) mass is 228 g/mol. The van der Waals surface area contributed by atoms with E-state index in [2.05, 4.69) is 0 Å². The van der Waals surface area contributed by atoms with Crippen LogP contribution in [0.25, 0.3) is 0 Å². The van der Waals surface area contributed by atoms with Gasteiger partial charge in [0, 0.05) is 0 Å². The van der Waals surface area contributed by atoms with E-state index in [1.165, 1.54) is 0 Å². The van der Waals surface area contributed by atoms with Gasteiger partial charge in [-0.3, -0.25) is 4.79 Å². The number of aliphatic hydroxyl groups is 1. The number of nitrogens with zero attached hydrogens (tertiary/aromatic N) is 1. The van der Waals surface area contributed by atoms with Crippen LogP contribution in [0.15, 0.2) is 0 Å². The van der Waals surface area contributed by atoms with Crippen molar-refractivity contribution >= 4 is 5.91 Å². The highest BCUT2D eigenvalue weighted by atomic mass is 16.3. The van der Waals surface area contributed by atoms with Gasteiger partial charge in [0.25, 0.3) is 0 Å². The van der Waals surface area contributed by atoms with Crippen LogP contribution in [-0.2, 0) is 4.79 Å². The van der Waals surface area contributed by atoms with E-state index in [1.54, 1.807) is 4.90 Å². The summed E-state index contributed by atoms with van der Waals surface area (Å²) in [5.41, 5.74) is 5.22. The molecule has 1 heterocycles. The van der Waals surface area contributed by atoms with Gasteiger partial charge in [-0.2, -0.15) is 0 Å². The fourth-order valence-corrected chi connectivity index (χ4v) is 2.15. The van der Waals surface area contributed by atoms with E-state index in [9.17, 15) is 9.90 Å². The van der Waals surface area contributed by atoms with Gasteiger partial charge >= 0.3 is 0 Å². The van der Waals surface area contributed by atoms with Crippen LogP contribution in [0.3, 0.4) is 0 Å². The molecule has 4 heteroatoms. The fourth-order valence-electron chi connectivity index (χ4n) is 2.15. The Kier molecular flexibility index (Phi) is 4.33. The normalized spacial score (nSPS) is 22.4. The number of carbonyl (C=O) groups excluding carboxylic acids is 1. The summed E-state index contributed by atoms with van der Waals surface area (Å²) in [4.78, 5) is 13.6. The van der Waals surface area contributed by atoms with Crippen molar-refractivity contribution in [3.05, 3.63) is 0 Å². The SMILES string of the molecule is CCCC1(O)CN(C(=O)C(N)C(C)CC)C1. The van der Waals surface area contributed by atoms with Crippen LogP contribution in [0.2, 0.25) is 0 Å². The molecule has 0 bridgehead atoms. The number of carbonyl (C=O) groups is 1. The van der Waals surface area contributed by atoms with E-state index < -0.39 is 11.6 Å². The van der Waals surface area contributed by atoms with Crippen molar-refractivity contribution in [1.82, 2.24) is 4.90 Å². The smallest absolute Gasteiger partial charge is 0.239 e. The summed E-state index contributed by atoms with van der Waals surface area (Å²) >= 11 is 0. The number of likely N-dealkylation sites (tertiary alicyclic amines) is 1. The minimum Gasteiger partial charge on any atom is -0.386 e. The van der Waals surface area contributed by atoms with E-state index >= 15 is 0 Å². The van der Waals surface area contributed by atoms with Crippen molar-refractivity contribution in [3.63, 3.8) is 0 Å². The Hall–Kier alpha value is -0.610. The fraction of sp³-hybridized carbons (Fsp3) is 0.917. The Morgan fingerprint density at radius 3 is 2.50 bits per heavy atom. The molecule has 4 nitrogen and oxygen atoms in total. The zero-order valence-electron chi connectivity index (χ0n) is 10.6. The van der Waals surface area contributed by atoms with Crippen LogP contribution in [-0.4, -0.2) is 40.6 Å². The maximum Gasteiger partial charge on any atom is 0.239 e. The quantitative estimate of drug-likeness (QED) is 0.729. The maximum absolute atomic E-state index is 11.9. The summed E-state index contributed by atoms with van der Waals surface area (Å²) in [7, 11) is 0. The summed E-state index contributed by atoms with van der Waals surface area (Å²) < 4.78 is 0. The zero-order chi connectivity index (χ0) is 12.3. The zero-order valence-corrected chi connectivity index (χ0v) is 10.6. The average Bonchev–Trinajstić information content (AvgIpc) is 2.22. The van der Waals surface area contributed by atoms with E-state index in [-0.39, 0.29) is 11.8 Å². The van der Waals surface area contributed by atoms with Crippen LogP contribution < -0.4 is 5.73 Å². The second-order valence-corrected chi connectivity index (χ2v) is 5.08. The summed E-state index contributed by atoms with van der Waals surface area (Å²) in [6, 6.07) is -0.420. The van der Waals surface area contributed by atoms with Gasteiger partial charge in [0.15, 0.2) is 0 Å². The third-order valence-electron chi connectivity index (χ3n) is 3.54. The predicted molar refractivity (Wildman–Crippen MR) is 63.9 cm³/mol. The summed E-state index contributed by atoms with van der Waals surface area (Å²) in [5, 5.41) is 9.97. The summed E-state index contributed by atoms with van der Waals surface area (Å²) in [5.74, 6) is 0.183. The number of rotatable bonds is 5. The van der Waals surface area contributed by atoms with Crippen LogP contribution in [0.5, 0.6) is 0 Å². The van der Waals surface area contributed by atoms with Gasteiger partial charge in [-0.05, 0) is 12.3 Å². The average molecular weight is 228 g/mol. The topological polar surface area (TPSA) is 66.6 Å². The Labute approximate surface area is 97.8 Å². The highest BCUT2D eigenvalue weighted by molar-refractivity contribution is 5.83. The third kappa shape index (κ3) is 2.74. The third-order valence-corrected chi connectivity index (χ3v) is 3.54. The molecule has 1 rings (SSSR count). The van der Waals surface area contributed by atoms with E-state index in [0.29, 0.717) is 13.1 Å². The molecule has 0 aromatic heterocycles. The second-order valence-electron chi connectivity index (χ2n) is 5.08. The van der Waals surface area contributed by atoms with Crippen molar-refractivity contribution in [2.75, 3.05) is 13.1 Å². The molecule has 1 aliphatic rings. The first kappa shape index (κ1) is 13.5. The molecule has 94 valence electrons. The molecule has 3 N–H and O–H groups in total. The van der Waals surface area contributed by atoms with Crippen LogP contribution in [0.1, 0.15) is 40.0 Å². The van der Waals surface area contributed by atoms with Gasteiger partial charge in [-0.25, -0.2) is 0 Å². The molecule has 16 heavy (non-hydrogen) atoms. The lowest BCUT2D eigenvalue weighted by molar-refractivity contribution is -0.158. The molecule has 2 atom stereocenters. The molecule has 1 fully saturated rings. The van der Waals surface area contributed by atoms with Crippen LogP contribution in [0.4, 0.5) is 0 Å².